The zero-order valence-electron chi connectivity index (χ0n) is 12.6. The molecule has 1 aromatic carbocycles. The van der Waals surface area contributed by atoms with Gasteiger partial charge in [-0.1, -0.05) is 30.8 Å². The maximum atomic E-state index is 12.1. The van der Waals surface area contributed by atoms with Crippen LogP contribution in [0.2, 0.25) is 0 Å². The van der Waals surface area contributed by atoms with Gasteiger partial charge in [-0.15, -0.1) is 10.2 Å². The second-order valence-electron chi connectivity index (χ2n) is 4.58. The number of hydrogen-bond donors (Lipinski definition) is 1. The minimum Gasteiger partial charge on any atom is -0.345 e. The molecule has 0 aliphatic carbocycles. The second-order valence-corrected chi connectivity index (χ2v) is 5.35. The lowest BCUT2D eigenvalue weighted by Crippen LogP contribution is -2.24. The topological polar surface area (TPSA) is 59.8 Å². The first-order valence-corrected chi connectivity index (χ1v) is 8.25. The number of amides is 1. The van der Waals surface area contributed by atoms with Crippen LogP contribution in [-0.4, -0.2) is 26.9 Å². The molecule has 0 aliphatic heterocycles. The minimum absolute atomic E-state index is 0.0889. The summed E-state index contributed by atoms with van der Waals surface area (Å²) in [5.41, 5.74) is 1.89. The third-order valence-corrected chi connectivity index (χ3v) is 3.99. The van der Waals surface area contributed by atoms with Gasteiger partial charge in [0, 0.05) is 12.1 Å². The van der Waals surface area contributed by atoms with E-state index in [2.05, 4.69) is 22.4 Å². The van der Waals surface area contributed by atoms with E-state index in [1.54, 1.807) is 11.8 Å². The summed E-state index contributed by atoms with van der Waals surface area (Å²) in [4.78, 5) is 12.1. The Morgan fingerprint density at radius 2 is 1.95 bits per heavy atom. The molecule has 0 radical (unpaired) electrons. The Hall–Kier alpha value is -1.82. The van der Waals surface area contributed by atoms with E-state index >= 15 is 0 Å². The molecule has 1 heterocycles. The van der Waals surface area contributed by atoms with Crippen LogP contribution in [-0.2, 0) is 19.5 Å². The van der Waals surface area contributed by atoms with Gasteiger partial charge in [0.15, 0.2) is 11.0 Å². The molecule has 0 saturated heterocycles. The van der Waals surface area contributed by atoms with Gasteiger partial charge in [0.05, 0.1) is 6.54 Å². The molecule has 2 aromatic rings. The average Bonchev–Trinajstić information content (AvgIpc) is 2.94. The molecule has 0 aliphatic rings. The van der Waals surface area contributed by atoms with Gasteiger partial charge < -0.3 is 9.88 Å². The Labute approximate surface area is 129 Å². The van der Waals surface area contributed by atoms with Crippen LogP contribution in [0.3, 0.4) is 0 Å². The first kappa shape index (κ1) is 15.6. The van der Waals surface area contributed by atoms with Crippen molar-refractivity contribution in [1.82, 2.24) is 20.1 Å². The zero-order chi connectivity index (χ0) is 15.2. The normalized spacial score (nSPS) is 10.6. The fraction of sp³-hybridized carbons (Fsp3) is 0.400. The summed E-state index contributed by atoms with van der Waals surface area (Å²) in [6, 6.07) is 7.67. The van der Waals surface area contributed by atoms with Gasteiger partial charge >= 0.3 is 0 Å². The van der Waals surface area contributed by atoms with Gasteiger partial charge in [0.25, 0.3) is 5.91 Å². The molecule has 0 bridgehead atoms. The van der Waals surface area contributed by atoms with Crippen molar-refractivity contribution in [2.45, 2.75) is 38.5 Å². The summed E-state index contributed by atoms with van der Waals surface area (Å²) >= 11 is 1.55. The van der Waals surface area contributed by atoms with Gasteiger partial charge in [-0.05, 0) is 37.3 Å². The number of hydrogen-bond acceptors (Lipinski definition) is 4. The van der Waals surface area contributed by atoms with E-state index in [4.69, 9.17) is 0 Å². The van der Waals surface area contributed by atoms with E-state index in [1.165, 1.54) is 5.56 Å². The minimum atomic E-state index is -0.0889. The molecule has 0 saturated carbocycles. The average molecular weight is 304 g/mol. The predicted octanol–water partition coefficient (Wildman–Crippen LogP) is 2.51. The van der Waals surface area contributed by atoms with E-state index in [9.17, 15) is 4.79 Å². The van der Waals surface area contributed by atoms with Crippen molar-refractivity contribution in [3.05, 3.63) is 41.2 Å². The van der Waals surface area contributed by atoms with Crippen molar-refractivity contribution in [2.75, 3.05) is 6.26 Å². The van der Waals surface area contributed by atoms with Gasteiger partial charge in [0.1, 0.15) is 0 Å². The van der Waals surface area contributed by atoms with E-state index in [0.29, 0.717) is 12.1 Å². The van der Waals surface area contributed by atoms with Crippen molar-refractivity contribution >= 4 is 17.7 Å². The third kappa shape index (κ3) is 3.64. The van der Waals surface area contributed by atoms with Gasteiger partial charge in [-0.3, -0.25) is 4.79 Å². The van der Waals surface area contributed by atoms with Crippen molar-refractivity contribution in [1.29, 1.82) is 0 Å². The summed E-state index contributed by atoms with van der Waals surface area (Å²) in [6.07, 6.45) is 2.94. The monoisotopic (exact) mass is 304 g/mol. The summed E-state index contributed by atoms with van der Waals surface area (Å²) in [5, 5.41) is 12.0. The van der Waals surface area contributed by atoms with Crippen molar-refractivity contribution in [3.63, 3.8) is 0 Å². The van der Waals surface area contributed by atoms with E-state index in [-0.39, 0.29) is 5.91 Å². The highest BCUT2D eigenvalue weighted by molar-refractivity contribution is 7.98. The Morgan fingerprint density at radius 3 is 2.52 bits per heavy atom. The lowest BCUT2D eigenvalue weighted by atomic mass is 10.1. The Morgan fingerprint density at radius 1 is 1.24 bits per heavy atom. The number of carbonyl (C=O) groups is 1. The van der Waals surface area contributed by atoms with E-state index in [1.807, 2.05) is 42.0 Å². The van der Waals surface area contributed by atoms with E-state index < -0.39 is 0 Å². The fourth-order valence-corrected chi connectivity index (χ4v) is 2.65. The maximum absolute atomic E-state index is 12.1. The summed E-state index contributed by atoms with van der Waals surface area (Å²) in [7, 11) is 0. The van der Waals surface area contributed by atoms with Crippen LogP contribution in [0, 0.1) is 0 Å². The maximum Gasteiger partial charge on any atom is 0.251 e. The summed E-state index contributed by atoms with van der Waals surface area (Å²) in [5.74, 6) is 0.689. The predicted molar refractivity (Wildman–Crippen MR) is 84.5 cm³/mol. The van der Waals surface area contributed by atoms with Crippen molar-refractivity contribution in [3.8, 4) is 0 Å². The SMILES string of the molecule is CCc1ccc(C(=O)NCc2nnc(SC)n2CC)cc1. The molecule has 1 N–H and O–H groups in total. The number of benzene rings is 1. The molecule has 0 spiro atoms. The van der Waals surface area contributed by atoms with Crippen LogP contribution < -0.4 is 5.32 Å². The number of aryl methyl sites for hydroxylation is 1. The summed E-state index contributed by atoms with van der Waals surface area (Å²) in [6.45, 7) is 5.31. The van der Waals surface area contributed by atoms with Gasteiger partial charge in [0.2, 0.25) is 0 Å². The molecule has 5 nitrogen and oxygen atoms in total. The molecule has 0 fully saturated rings. The largest absolute Gasteiger partial charge is 0.345 e. The van der Waals surface area contributed by atoms with Crippen LogP contribution >= 0.6 is 11.8 Å². The molecular weight excluding hydrogens is 284 g/mol. The lowest BCUT2D eigenvalue weighted by molar-refractivity contribution is 0.0949. The van der Waals surface area contributed by atoms with Crippen LogP contribution in [0.15, 0.2) is 29.4 Å². The smallest absolute Gasteiger partial charge is 0.251 e. The number of thioether (sulfide) groups is 1. The van der Waals surface area contributed by atoms with Gasteiger partial charge in [-0.25, -0.2) is 0 Å². The van der Waals surface area contributed by atoms with Gasteiger partial charge in [-0.2, -0.15) is 0 Å². The zero-order valence-corrected chi connectivity index (χ0v) is 13.4. The van der Waals surface area contributed by atoms with Crippen LogP contribution in [0.5, 0.6) is 0 Å². The highest BCUT2D eigenvalue weighted by atomic mass is 32.2. The van der Waals surface area contributed by atoms with E-state index in [0.717, 1.165) is 23.9 Å². The number of carbonyl (C=O) groups excluding carboxylic acids is 1. The summed E-state index contributed by atoms with van der Waals surface area (Å²) < 4.78 is 2.01. The lowest BCUT2D eigenvalue weighted by Gasteiger charge is -2.08. The quantitative estimate of drug-likeness (QED) is 0.833. The standard InChI is InChI=1S/C15H20N4OS/c1-4-11-6-8-12(9-7-11)14(20)16-10-13-17-18-15(21-3)19(13)5-2/h6-9H,4-5,10H2,1-3H3,(H,16,20). The molecule has 112 valence electrons. The van der Waals surface area contributed by atoms with Crippen molar-refractivity contribution in [2.24, 2.45) is 0 Å². The van der Waals surface area contributed by atoms with Crippen molar-refractivity contribution < 1.29 is 4.79 Å². The molecule has 0 unspecified atom stereocenters. The number of nitrogens with one attached hydrogen (secondary N) is 1. The fourth-order valence-electron chi connectivity index (χ4n) is 2.07. The molecule has 1 aromatic heterocycles. The highest BCUT2D eigenvalue weighted by Crippen LogP contribution is 2.13. The number of aromatic nitrogens is 3. The van der Waals surface area contributed by atoms with Crippen LogP contribution in [0.1, 0.15) is 35.6 Å². The molecule has 6 heteroatoms. The third-order valence-electron chi connectivity index (χ3n) is 3.32. The Balaban J connectivity index is 2.01. The number of rotatable bonds is 6. The molecular formula is C15H20N4OS. The Bertz CT molecular complexity index is 607. The second kappa shape index (κ2) is 7.26. The molecule has 21 heavy (non-hydrogen) atoms. The molecule has 0 atom stereocenters. The number of nitrogens with zero attached hydrogens (tertiary/aromatic N) is 3. The Kier molecular flexibility index (Phi) is 5.38. The molecule has 2 rings (SSSR count). The first-order chi connectivity index (χ1) is 10.2. The first-order valence-electron chi connectivity index (χ1n) is 7.02. The van der Waals surface area contributed by atoms with Crippen LogP contribution in [0.4, 0.5) is 0 Å². The van der Waals surface area contributed by atoms with Crippen LogP contribution in [0.25, 0.3) is 0 Å². The highest BCUT2D eigenvalue weighted by Gasteiger charge is 2.11. The molecule has 1 amide bonds.